The fourth-order valence-electron chi connectivity index (χ4n) is 3.20. The molecule has 0 aromatic carbocycles. The lowest BCUT2D eigenvalue weighted by atomic mass is 10.1. The van der Waals surface area contributed by atoms with Crippen molar-refractivity contribution >= 4 is 6.09 Å². The SMILES string of the molecule is C[C@H]1CN(C)CCN1[C@@H]1CCN(C(=O)OC(C)(C)C)C1. The van der Waals surface area contributed by atoms with Crippen LogP contribution >= 0.6 is 0 Å². The molecular weight excluding hydrogens is 254 g/mol. The van der Waals surface area contributed by atoms with E-state index < -0.39 is 5.60 Å². The van der Waals surface area contributed by atoms with E-state index in [-0.39, 0.29) is 6.09 Å². The van der Waals surface area contributed by atoms with Crippen molar-refractivity contribution in [1.82, 2.24) is 14.7 Å². The number of carbonyl (C=O) groups is 1. The zero-order valence-corrected chi connectivity index (χ0v) is 13.6. The number of hydrogen-bond acceptors (Lipinski definition) is 4. The van der Waals surface area contributed by atoms with E-state index in [4.69, 9.17) is 4.74 Å². The second kappa shape index (κ2) is 5.90. The molecule has 0 N–H and O–H groups in total. The molecule has 2 heterocycles. The minimum absolute atomic E-state index is 0.165. The Bertz CT molecular complexity index is 354. The molecule has 0 unspecified atom stereocenters. The monoisotopic (exact) mass is 283 g/mol. The largest absolute Gasteiger partial charge is 0.444 e. The summed E-state index contributed by atoms with van der Waals surface area (Å²) in [5.74, 6) is 0. The molecule has 2 rings (SSSR count). The molecular formula is C15H29N3O2. The van der Waals surface area contributed by atoms with Gasteiger partial charge in [0, 0.05) is 44.8 Å². The first-order valence-corrected chi connectivity index (χ1v) is 7.68. The lowest BCUT2D eigenvalue weighted by molar-refractivity contribution is 0.0247. The first-order chi connectivity index (χ1) is 9.26. The van der Waals surface area contributed by atoms with Crippen molar-refractivity contribution in [3.8, 4) is 0 Å². The third kappa shape index (κ3) is 3.85. The maximum atomic E-state index is 12.1. The van der Waals surface area contributed by atoms with Gasteiger partial charge >= 0.3 is 6.09 Å². The molecule has 0 aromatic rings. The number of rotatable bonds is 1. The summed E-state index contributed by atoms with van der Waals surface area (Å²) in [5, 5.41) is 0. The smallest absolute Gasteiger partial charge is 0.410 e. The van der Waals surface area contributed by atoms with Crippen LogP contribution in [0.1, 0.15) is 34.1 Å². The van der Waals surface area contributed by atoms with Crippen LogP contribution in [0.25, 0.3) is 0 Å². The molecule has 0 spiro atoms. The molecule has 0 bridgehead atoms. The highest BCUT2D eigenvalue weighted by Crippen LogP contribution is 2.22. The van der Waals surface area contributed by atoms with Crippen molar-refractivity contribution in [2.45, 2.75) is 51.8 Å². The number of nitrogens with zero attached hydrogens (tertiary/aromatic N) is 3. The molecule has 2 fully saturated rings. The van der Waals surface area contributed by atoms with Crippen LogP contribution in [-0.4, -0.2) is 78.2 Å². The zero-order valence-electron chi connectivity index (χ0n) is 13.6. The van der Waals surface area contributed by atoms with Gasteiger partial charge in [-0.1, -0.05) is 0 Å². The fraction of sp³-hybridized carbons (Fsp3) is 0.933. The van der Waals surface area contributed by atoms with Gasteiger partial charge in [-0.05, 0) is 41.2 Å². The van der Waals surface area contributed by atoms with Crippen LogP contribution in [0.3, 0.4) is 0 Å². The lowest BCUT2D eigenvalue weighted by Crippen LogP contribution is -2.55. The number of hydrogen-bond donors (Lipinski definition) is 0. The standard InChI is InChI=1S/C15H29N3O2/c1-12-10-16(5)8-9-18(12)13-6-7-17(11-13)14(19)20-15(2,3)4/h12-13H,6-11H2,1-5H3/t12-,13+/m0/s1. The number of carbonyl (C=O) groups excluding carboxylic acids is 1. The van der Waals surface area contributed by atoms with Crippen LogP contribution in [0, 0.1) is 0 Å². The Morgan fingerprint density at radius 2 is 1.85 bits per heavy atom. The minimum Gasteiger partial charge on any atom is -0.444 e. The van der Waals surface area contributed by atoms with Gasteiger partial charge in [0.1, 0.15) is 5.60 Å². The topological polar surface area (TPSA) is 36.0 Å². The number of ether oxygens (including phenoxy) is 1. The molecule has 0 aromatic heterocycles. The van der Waals surface area contributed by atoms with Gasteiger partial charge in [0.05, 0.1) is 0 Å². The van der Waals surface area contributed by atoms with Gasteiger partial charge < -0.3 is 14.5 Å². The first kappa shape index (κ1) is 15.6. The minimum atomic E-state index is -0.406. The molecule has 2 aliphatic heterocycles. The van der Waals surface area contributed by atoms with Crippen molar-refractivity contribution in [1.29, 1.82) is 0 Å². The Hall–Kier alpha value is -0.810. The lowest BCUT2D eigenvalue weighted by Gasteiger charge is -2.41. The van der Waals surface area contributed by atoms with E-state index in [1.54, 1.807) is 0 Å². The average Bonchev–Trinajstić information content (AvgIpc) is 2.75. The van der Waals surface area contributed by atoms with Gasteiger partial charge in [-0.2, -0.15) is 0 Å². The maximum absolute atomic E-state index is 12.1. The molecule has 2 atom stereocenters. The van der Waals surface area contributed by atoms with E-state index in [0.29, 0.717) is 12.1 Å². The van der Waals surface area contributed by atoms with Crippen molar-refractivity contribution < 1.29 is 9.53 Å². The number of likely N-dealkylation sites (tertiary alicyclic amines) is 1. The van der Waals surface area contributed by atoms with Crippen molar-refractivity contribution in [2.24, 2.45) is 0 Å². The molecule has 20 heavy (non-hydrogen) atoms. The van der Waals surface area contributed by atoms with Gasteiger partial charge in [-0.25, -0.2) is 4.79 Å². The Labute approximate surface area is 122 Å². The van der Waals surface area contributed by atoms with Gasteiger partial charge in [0.2, 0.25) is 0 Å². The summed E-state index contributed by atoms with van der Waals surface area (Å²) in [6.07, 6.45) is 0.898. The van der Waals surface area contributed by atoms with Crippen molar-refractivity contribution in [3.63, 3.8) is 0 Å². The Kier molecular flexibility index (Phi) is 4.59. The maximum Gasteiger partial charge on any atom is 0.410 e. The van der Waals surface area contributed by atoms with Crippen LogP contribution in [0.15, 0.2) is 0 Å². The summed E-state index contributed by atoms with van der Waals surface area (Å²) < 4.78 is 5.46. The molecule has 0 aliphatic carbocycles. The predicted molar refractivity (Wildman–Crippen MR) is 79.9 cm³/mol. The summed E-state index contributed by atoms with van der Waals surface area (Å²) in [7, 11) is 2.18. The zero-order chi connectivity index (χ0) is 14.9. The highest BCUT2D eigenvalue weighted by atomic mass is 16.6. The molecule has 0 radical (unpaired) electrons. The second-order valence-electron chi connectivity index (χ2n) is 7.22. The molecule has 2 aliphatic rings. The number of amides is 1. The first-order valence-electron chi connectivity index (χ1n) is 7.68. The Morgan fingerprint density at radius 3 is 2.45 bits per heavy atom. The summed E-state index contributed by atoms with van der Waals surface area (Å²) in [4.78, 5) is 18.9. The van der Waals surface area contributed by atoms with Crippen LogP contribution < -0.4 is 0 Å². The molecule has 5 nitrogen and oxygen atoms in total. The summed E-state index contributed by atoms with van der Waals surface area (Å²) in [6.45, 7) is 13.0. The summed E-state index contributed by atoms with van der Waals surface area (Å²) in [5.41, 5.74) is -0.406. The highest BCUT2D eigenvalue weighted by Gasteiger charge is 2.35. The summed E-state index contributed by atoms with van der Waals surface area (Å²) in [6, 6.07) is 1.06. The van der Waals surface area contributed by atoms with Gasteiger partial charge in [-0.3, -0.25) is 4.90 Å². The second-order valence-corrected chi connectivity index (χ2v) is 7.22. The van der Waals surface area contributed by atoms with Crippen LogP contribution in [0.2, 0.25) is 0 Å². The molecule has 5 heteroatoms. The van der Waals surface area contributed by atoms with Gasteiger partial charge in [0.25, 0.3) is 0 Å². The Balaban J connectivity index is 1.87. The summed E-state index contributed by atoms with van der Waals surface area (Å²) >= 11 is 0. The molecule has 1 amide bonds. The van der Waals surface area contributed by atoms with E-state index in [9.17, 15) is 4.79 Å². The van der Waals surface area contributed by atoms with E-state index in [1.807, 2.05) is 25.7 Å². The van der Waals surface area contributed by atoms with Crippen molar-refractivity contribution in [2.75, 3.05) is 39.8 Å². The average molecular weight is 283 g/mol. The fourth-order valence-corrected chi connectivity index (χ4v) is 3.20. The Morgan fingerprint density at radius 1 is 1.15 bits per heavy atom. The predicted octanol–water partition coefficient (Wildman–Crippen LogP) is 1.63. The van der Waals surface area contributed by atoms with E-state index >= 15 is 0 Å². The molecule has 116 valence electrons. The molecule has 2 saturated heterocycles. The van der Waals surface area contributed by atoms with Crippen LogP contribution in [0.4, 0.5) is 4.79 Å². The normalized spacial score (nSPS) is 29.8. The highest BCUT2D eigenvalue weighted by molar-refractivity contribution is 5.68. The van der Waals surface area contributed by atoms with Gasteiger partial charge in [0.15, 0.2) is 0 Å². The third-order valence-corrected chi connectivity index (χ3v) is 4.17. The third-order valence-electron chi connectivity index (χ3n) is 4.17. The van der Waals surface area contributed by atoms with E-state index in [0.717, 1.165) is 39.1 Å². The van der Waals surface area contributed by atoms with E-state index in [2.05, 4.69) is 23.8 Å². The van der Waals surface area contributed by atoms with Crippen LogP contribution in [-0.2, 0) is 4.74 Å². The van der Waals surface area contributed by atoms with Crippen molar-refractivity contribution in [3.05, 3.63) is 0 Å². The van der Waals surface area contributed by atoms with E-state index in [1.165, 1.54) is 0 Å². The van der Waals surface area contributed by atoms with Crippen LogP contribution in [0.5, 0.6) is 0 Å². The number of piperazine rings is 1. The number of likely N-dealkylation sites (N-methyl/N-ethyl adjacent to an activating group) is 1. The molecule has 0 saturated carbocycles. The quantitative estimate of drug-likeness (QED) is 0.733. The van der Waals surface area contributed by atoms with Gasteiger partial charge in [-0.15, -0.1) is 0 Å².